The number of thioether (sulfide) groups is 1. The molecule has 2 aliphatic carbocycles. The molecule has 1 saturated carbocycles. The molecule has 0 spiro atoms. The number of carbonyl (C=O) groups is 3. The molecule has 0 heterocycles. The average Bonchev–Trinajstić information content (AvgIpc) is 3.42. The molecule has 0 saturated heterocycles. The molecule has 3 atom stereocenters. The molecule has 2 aromatic carbocycles. The van der Waals surface area contributed by atoms with Gasteiger partial charge in [-0.05, 0) is 59.4 Å². The minimum atomic E-state index is -1.02. The van der Waals surface area contributed by atoms with E-state index in [-0.39, 0.29) is 36.8 Å². The summed E-state index contributed by atoms with van der Waals surface area (Å²) in [6.45, 7) is 0.244. The monoisotopic (exact) mass is 496 g/mol. The number of carboxylic acids is 1. The minimum Gasteiger partial charge on any atom is -0.480 e. The summed E-state index contributed by atoms with van der Waals surface area (Å²) >= 11 is 1.54. The van der Waals surface area contributed by atoms with Crippen molar-refractivity contribution in [2.24, 2.45) is 5.92 Å². The quantitative estimate of drug-likeness (QED) is 0.450. The van der Waals surface area contributed by atoms with Gasteiger partial charge < -0.3 is 20.5 Å². The number of hydrogen-bond acceptors (Lipinski definition) is 5. The molecule has 186 valence electrons. The number of ether oxygens (including phenoxy) is 1. The number of fused-ring (bicyclic) bond motifs is 3. The Morgan fingerprint density at radius 2 is 1.71 bits per heavy atom. The van der Waals surface area contributed by atoms with Crippen LogP contribution < -0.4 is 10.6 Å². The van der Waals surface area contributed by atoms with Gasteiger partial charge in [-0.3, -0.25) is 4.79 Å². The molecular weight excluding hydrogens is 464 g/mol. The average molecular weight is 497 g/mol. The summed E-state index contributed by atoms with van der Waals surface area (Å²) in [5, 5.41) is 14.9. The van der Waals surface area contributed by atoms with Gasteiger partial charge in [0.1, 0.15) is 12.6 Å². The SMILES string of the molecule is CSCCC(NC(=O)CC1CCCC1NC(=O)OCC1c2ccccc2-c2ccccc21)C(=O)O. The summed E-state index contributed by atoms with van der Waals surface area (Å²) in [5.74, 6) is -0.693. The molecule has 35 heavy (non-hydrogen) atoms. The lowest BCUT2D eigenvalue weighted by atomic mass is 9.98. The van der Waals surface area contributed by atoms with Crippen molar-refractivity contribution >= 4 is 29.7 Å². The maximum absolute atomic E-state index is 12.7. The Morgan fingerprint density at radius 3 is 2.34 bits per heavy atom. The Labute approximate surface area is 210 Å². The maximum Gasteiger partial charge on any atom is 0.407 e. The Bertz CT molecular complexity index is 1030. The van der Waals surface area contributed by atoms with E-state index in [0.29, 0.717) is 12.2 Å². The van der Waals surface area contributed by atoms with Crippen molar-refractivity contribution in [1.29, 1.82) is 0 Å². The molecule has 2 aliphatic rings. The maximum atomic E-state index is 12.7. The lowest BCUT2D eigenvalue weighted by molar-refractivity contribution is -0.142. The van der Waals surface area contributed by atoms with E-state index in [4.69, 9.17) is 4.74 Å². The Hall–Kier alpha value is -3.00. The van der Waals surface area contributed by atoms with Gasteiger partial charge in [0.25, 0.3) is 0 Å². The third-order valence-corrected chi connectivity index (χ3v) is 7.64. The van der Waals surface area contributed by atoms with E-state index in [1.54, 1.807) is 11.8 Å². The lowest BCUT2D eigenvalue weighted by Crippen LogP contribution is -2.44. The van der Waals surface area contributed by atoms with Crippen LogP contribution in [0, 0.1) is 5.92 Å². The zero-order valence-corrected chi connectivity index (χ0v) is 20.7. The molecule has 0 aliphatic heterocycles. The van der Waals surface area contributed by atoms with Crippen LogP contribution in [-0.4, -0.2) is 53.8 Å². The van der Waals surface area contributed by atoms with Gasteiger partial charge in [0.15, 0.2) is 0 Å². The van der Waals surface area contributed by atoms with Crippen molar-refractivity contribution < 1.29 is 24.2 Å². The summed E-state index contributed by atoms with van der Waals surface area (Å²) in [4.78, 5) is 36.6. The number of carbonyl (C=O) groups excluding carboxylic acids is 2. The van der Waals surface area contributed by atoms with E-state index in [0.717, 1.165) is 30.4 Å². The van der Waals surface area contributed by atoms with E-state index in [1.807, 2.05) is 30.5 Å². The second-order valence-corrected chi connectivity index (χ2v) is 10.2. The van der Waals surface area contributed by atoms with Crippen LogP contribution in [0.1, 0.15) is 49.1 Å². The number of nitrogens with one attached hydrogen (secondary N) is 2. The van der Waals surface area contributed by atoms with Crippen LogP contribution in [0.15, 0.2) is 48.5 Å². The fraction of sp³-hybridized carbons (Fsp3) is 0.444. The van der Waals surface area contributed by atoms with Gasteiger partial charge in [-0.1, -0.05) is 55.0 Å². The van der Waals surface area contributed by atoms with E-state index in [2.05, 4.69) is 34.9 Å². The molecule has 0 bridgehead atoms. The first-order chi connectivity index (χ1) is 17.0. The van der Waals surface area contributed by atoms with Crippen molar-refractivity contribution in [2.45, 2.75) is 50.1 Å². The van der Waals surface area contributed by atoms with Crippen LogP contribution in [-0.2, 0) is 14.3 Å². The summed E-state index contributed by atoms with van der Waals surface area (Å²) in [7, 11) is 0. The molecule has 7 nitrogen and oxygen atoms in total. The van der Waals surface area contributed by atoms with Crippen LogP contribution in [0.4, 0.5) is 4.79 Å². The van der Waals surface area contributed by atoms with Gasteiger partial charge in [0.05, 0.1) is 0 Å². The summed E-state index contributed by atoms with van der Waals surface area (Å²) < 4.78 is 5.66. The van der Waals surface area contributed by atoms with Gasteiger partial charge in [-0.2, -0.15) is 11.8 Å². The molecule has 2 aromatic rings. The highest BCUT2D eigenvalue weighted by Crippen LogP contribution is 2.44. The predicted molar refractivity (Wildman–Crippen MR) is 137 cm³/mol. The second kappa shape index (κ2) is 11.6. The van der Waals surface area contributed by atoms with Crippen molar-refractivity contribution in [1.82, 2.24) is 10.6 Å². The van der Waals surface area contributed by atoms with Crippen molar-refractivity contribution in [2.75, 3.05) is 18.6 Å². The van der Waals surface area contributed by atoms with Gasteiger partial charge >= 0.3 is 12.1 Å². The molecule has 4 rings (SSSR count). The highest BCUT2D eigenvalue weighted by atomic mass is 32.2. The minimum absolute atomic E-state index is 0.00691. The largest absolute Gasteiger partial charge is 0.480 e. The fourth-order valence-corrected chi connectivity index (χ4v) is 5.72. The molecule has 3 unspecified atom stereocenters. The number of benzene rings is 2. The van der Waals surface area contributed by atoms with Gasteiger partial charge in [-0.15, -0.1) is 0 Å². The van der Waals surface area contributed by atoms with Crippen LogP contribution in [0.5, 0.6) is 0 Å². The van der Waals surface area contributed by atoms with Crippen LogP contribution in [0.2, 0.25) is 0 Å². The first kappa shape index (κ1) is 25.1. The Balaban J connectivity index is 1.30. The van der Waals surface area contributed by atoms with Crippen molar-refractivity contribution in [3.8, 4) is 11.1 Å². The standard InChI is InChI=1S/C27H32N2O5S/c1-35-14-13-24(26(31)32)28-25(30)15-17-7-6-12-23(17)29-27(33)34-16-22-20-10-4-2-8-18(20)19-9-3-5-11-21(19)22/h2-5,8-11,17,22-24H,6-7,12-16H2,1H3,(H,28,30)(H,29,33)(H,31,32). The van der Waals surface area contributed by atoms with E-state index in [9.17, 15) is 19.5 Å². The smallest absolute Gasteiger partial charge is 0.407 e. The van der Waals surface area contributed by atoms with Crippen molar-refractivity contribution in [3.05, 3.63) is 59.7 Å². The topological polar surface area (TPSA) is 105 Å². The molecule has 3 N–H and O–H groups in total. The van der Waals surface area contributed by atoms with Gasteiger partial charge in [0.2, 0.25) is 5.91 Å². The number of alkyl carbamates (subject to hydrolysis) is 1. The zero-order chi connectivity index (χ0) is 24.8. The number of amides is 2. The Kier molecular flexibility index (Phi) is 8.33. The number of rotatable bonds is 10. The zero-order valence-electron chi connectivity index (χ0n) is 19.9. The van der Waals surface area contributed by atoms with E-state index >= 15 is 0 Å². The molecule has 8 heteroatoms. The number of carboxylic acid groups (broad SMARTS) is 1. The second-order valence-electron chi connectivity index (χ2n) is 9.21. The van der Waals surface area contributed by atoms with E-state index in [1.165, 1.54) is 11.1 Å². The molecule has 1 fully saturated rings. The summed E-state index contributed by atoms with van der Waals surface area (Å²) in [5.41, 5.74) is 4.67. The Morgan fingerprint density at radius 1 is 1.06 bits per heavy atom. The van der Waals surface area contributed by atoms with Crippen molar-refractivity contribution in [3.63, 3.8) is 0 Å². The lowest BCUT2D eigenvalue weighted by Gasteiger charge is -2.22. The molecular formula is C27H32N2O5S. The third-order valence-electron chi connectivity index (χ3n) is 7.00. The number of hydrogen-bond donors (Lipinski definition) is 3. The van der Waals surface area contributed by atoms with Crippen LogP contribution in [0.3, 0.4) is 0 Å². The van der Waals surface area contributed by atoms with Gasteiger partial charge in [0, 0.05) is 18.4 Å². The highest BCUT2D eigenvalue weighted by molar-refractivity contribution is 7.98. The van der Waals surface area contributed by atoms with Crippen LogP contribution >= 0.6 is 11.8 Å². The van der Waals surface area contributed by atoms with Crippen LogP contribution in [0.25, 0.3) is 11.1 Å². The fourth-order valence-electron chi connectivity index (χ4n) is 5.25. The first-order valence-electron chi connectivity index (χ1n) is 12.1. The van der Waals surface area contributed by atoms with E-state index < -0.39 is 18.1 Å². The third kappa shape index (κ3) is 5.99. The first-order valence-corrected chi connectivity index (χ1v) is 13.5. The van der Waals surface area contributed by atoms with Gasteiger partial charge in [-0.25, -0.2) is 9.59 Å². The highest BCUT2D eigenvalue weighted by Gasteiger charge is 2.33. The normalized spacial score (nSPS) is 19.5. The molecule has 0 aromatic heterocycles. The number of aliphatic carboxylic acids is 1. The predicted octanol–water partition coefficient (Wildman–Crippen LogP) is 4.41. The summed E-state index contributed by atoms with van der Waals surface area (Å²) in [6, 6.07) is 15.3. The molecule has 2 amide bonds. The summed E-state index contributed by atoms with van der Waals surface area (Å²) in [6.07, 6.45) is 4.49. The molecule has 0 radical (unpaired) electrons.